The summed E-state index contributed by atoms with van der Waals surface area (Å²) in [6.07, 6.45) is 1.93. The Kier molecular flexibility index (Phi) is 4.42. The van der Waals surface area contributed by atoms with Crippen LogP contribution in [0.3, 0.4) is 0 Å². The Morgan fingerprint density at radius 1 is 1.43 bits per heavy atom. The standard InChI is InChI=1S/C15H21N5O3/c1-9(2)15-17-14(19-23-15)11-5-4-6-20(11)8-12(21)16-13-7-10(3)18-22-13/h7,9,11H,4-6,8H2,1-3H3,(H,16,21). The minimum absolute atomic E-state index is 0.0217. The summed E-state index contributed by atoms with van der Waals surface area (Å²) in [6, 6.07) is 1.71. The molecule has 1 unspecified atom stereocenters. The predicted octanol–water partition coefficient (Wildman–Crippen LogP) is 2.27. The number of amides is 1. The number of carbonyl (C=O) groups excluding carboxylic acids is 1. The molecule has 0 bridgehead atoms. The van der Waals surface area contributed by atoms with Crippen LogP contribution in [0.5, 0.6) is 0 Å². The molecule has 1 atom stereocenters. The first-order chi connectivity index (χ1) is 11.0. The maximum absolute atomic E-state index is 12.2. The maximum atomic E-state index is 12.2. The van der Waals surface area contributed by atoms with E-state index >= 15 is 0 Å². The second-order valence-electron chi connectivity index (χ2n) is 6.15. The average Bonchev–Trinajstić information content (AvgIpc) is 3.19. The zero-order chi connectivity index (χ0) is 16.4. The van der Waals surface area contributed by atoms with Gasteiger partial charge in [-0.3, -0.25) is 15.0 Å². The first-order valence-electron chi connectivity index (χ1n) is 7.83. The highest BCUT2D eigenvalue weighted by atomic mass is 16.5. The molecular formula is C15H21N5O3. The van der Waals surface area contributed by atoms with Gasteiger partial charge in [0.15, 0.2) is 5.82 Å². The van der Waals surface area contributed by atoms with E-state index in [1.54, 1.807) is 13.0 Å². The van der Waals surface area contributed by atoms with Crippen molar-refractivity contribution in [1.29, 1.82) is 0 Å². The third-order valence-electron chi connectivity index (χ3n) is 3.85. The van der Waals surface area contributed by atoms with E-state index in [-0.39, 0.29) is 24.4 Å². The zero-order valence-corrected chi connectivity index (χ0v) is 13.6. The largest absolute Gasteiger partial charge is 0.339 e. The number of carbonyl (C=O) groups is 1. The van der Waals surface area contributed by atoms with E-state index in [1.165, 1.54) is 0 Å². The first kappa shape index (κ1) is 15.7. The number of nitrogens with zero attached hydrogens (tertiary/aromatic N) is 4. The summed E-state index contributed by atoms with van der Waals surface area (Å²) in [5.74, 6) is 1.72. The summed E-state index contributed by atoms with van der Waals surface area (Å²) in [6.45, 7) is 6.92. The van der Waals surface area contributed by atoms with E-state index in [1.807, 2.05) is 13.8 Å². The van der Waals surface area contributed by atoms with Crippen molar-refractivity contribution < 1.29 is 13.8 Å². The second-order valence-corrected chi connectivity index (χ2v) is 6.15. The van der Waals surface area contributed by atoms with Gasteiger partial charge in [-0.15, -0.1) is 0 Å². The Labute approximate surface area is 134 Å². The van der Waals surface area contributed by atoms with Crippen LogP contribution in [0.1, 0.15) is 56.1 Å². The summed E-state index contributed by atoms with van der Waals surface area (Å²) < 4.78 is 10.3. The topological polar surface area (TPSA) is 97.3 Å². The Bertz CT molecular complexity index is 678. The molecule has 3 rings (SSSR count). The minimum Gasteiger partial charge on any atom is -0.339 e. The molecule has 124 valence electrons. The lowest BCUT2D eigenvalue weighted by Gasteiger charge is -2.20. The summed E-state index contributed by atoms with van der Waals surface area (Å²) >= 11 is 0. The number of aromatic nitrogens is 3. The van der Waals surface area contributed by atoms with E-state index in [0.717, 1.165) is 25.1 Å². The number of hydrogen-bond acceptors (Lipinski definition) is 7. The first-order valence-corrected chi connectivity index (χ1v) is 7.83. The third kappa shape index (κ3) is 3.58. The van der Waals surface area contributed by atoms with Crippen LogP contribution >= 0.6 is 0 Å². The molecule has 0 aliphatic carbocycles. The van der Waals surface area contributed by atoms with Gasteiger partial charge in [0.05, 0.1) is 18.3 Å². The van der Waals surface area contributed by atoms with Crippen molar-refractivity contribution in [2.75, 3.05) is 18.4 Å². The predicted molar refractivity (Wildman–Crippen MR) is 81.8 cm³/mol. The lowest BCUT2D eigenvalue weighted by atomic mass is 10.2. The second kappa shape index (κ2) is 6.49. The van der Waals surface area contributed by atoms with E-state index in [4.69, 9.17) is 9.05 Å². The lowest BCUT2D eigenvalue weighted by molar-refractivity contribution is -0.117. The number of aryl methyl sites for hydroxylation is 1. The molecule has 0 radical (unpaired) electrons. The van der Waals surface area contributed by atoms with Crippen LogP contribution in [0.2, 0.25) is 0 Å². The molecule has 0 spiro atoms. The van der Waals surface area contributed by atoms with Gasteiger partial charge >= 0.3 is 0 Å². The van der Waals surface area contributed by atoms with Crippen molar-refractivity contribution in [3.05, 3.63) is 23.5 Å². The van der Waals surface area contributed by atoms with Gasteiger partial charge in [-0.2, -0.15) is 4.98 Å². The van der Waals surface area contributed by atoms with E-state index in [9.17, 15) is 4.79 Å². The molecule has 2 aromatic heterocycles. The van der Waals surface area contributed by atoms with Crippen LogP contribution in [0.15, 0.2) is 15.1 Å². The van der Waals surface area contributed by atoms with Crippen molar-refractivity contribution in [3.8, 4) is 0 Å². The number of nitrogens with one attached hydrogen (secondary N) is 1. The van der Waals surface area contributed by atoms with Gasteiger partial charge in [0, 0.05) is 12.0 Å². The Hall–Kier alpha value is -2.22. The van der Waals surface area contributed by atoms with Crippen molar-refractivity contribution in [2.45, 2.75) is 45.6 Å². The maximum Gasteiger partial charge on any atom is 0.240 e. The highest BCUT2D eigenvalue weighted by Gasteiger charge is 2.31. The molecule has 1 fully saturated rings. The molecule has 8 heteroatoms. The molecule has 0 saturated carbocycles. The fourth-order valence-corrected chi connectivity index (χ4v) is 2.71. The van der Waals surface area contributed by atoms with Gasteiger partial charge in [-0.05, 0) is 26.3 Å². The monoisotopic (exact) mass is 319 g/mol. The van der Waals surface area contributed by atoms with E-state index < -0.39 is 0 Å². The molecule has 3 heterocycles. The fourth-order valence-electron chi connectivity index (χ4n) is 2.71. The molecule has 0 aromatic carbocycles. The SMILES string of the molecule is Cc1cc(NC(=O)CN2CCCC2c2noc(C(C)C)n2)on1. The van der Waals surface area contributed by atoms with Crippen LogP contribution in [-0.2, 0) is 4.79 Å². The van der Waals surface area contributed by atoms with Crippen LogP contribution in [-0.4, -0.2) is 39.2 Å². The van der Waals surface area contributed by atoms with Crippen molar-refractivity contribution in [3.63, 3.8) is 0 Å². The summed E-state index contributed by atoms with van der Waals surface area (Å²) in [7, 11) is 0. The van der Waals surface area contributed by atoms with Crippen molar-refractivity contribution in [2.24, 2.45) is 0 Å². The number of likely N-dealkylation sites (tertiary alicyclic amines) is 1. The Morgan fingerprint density at radius 2 is 2.26 bits per heavy atom. The molecule has 1 saturated heterocycles. The van der Waals surface area contributed by atoms with Gasteiger partial charge in [0.1, 0.15) is 0 Å². The molecule has 1 N–H and O–H groups in total. The molecule has 1 aliphatic rings. The lowest BCUT2D eigenvalue weighted by Crippen LogP contribution is -2.33. The molecular weight excluding hydrogens is 298 g/mol. The van der Waals surface area contributed by atoms with Crippen LogP contribution in [0, 0.1) is 6.92 Å². The van der Waals surface area contributed by atoms with Gasteiger partial charge in [-0.25, -0.2) is 0 Å². The number of hydrogen-bond donors (Lipinski definition) is 1. The average molecular weight is 319 g/mol. The Balaban J connectivity index is 1.63. The fraction of sp³-hybridized carbons (Fsp3) is 0.600. The van der Waals surface area contributed by atoms with Gasteiger partial charge in [0.25, 0.3) is 0 Å². The van der Waals surface area contributed by atoms with Crippen LogP contribution in [0.25, 0.3) is 0 Å². The normalized spacial score (nSPS) is 18.7. The number of rotatable bonds is 5. The van der Waals surface area contributed by atoms with Gasteiger partial charge in [0.2, 0.25) is 17.7 Å². The molecule has 2 aromatic rings. The molecule has 1 aliphatic heterocycles. The third-order valence-corrected chi connectivity index (χ3v) is 3.85. The van der Waals surface area contributed by atoms with E-state index in [2.05, 4.69) is 25.5 Å². The minimum atomic E-state index is -0.138. The van der Waals surface area contributed by atoms with Gasteiger partial charge in [-0.1, -0.05) is 24.2 Å². The summed E-state index contributed by atoms with van der Waals surface area (Å²) in [5, 5.41) is 10.5. The molecule has 1 amide bonds. The smallest absolute Gasteiger partial charge is 0.240 e. The summed E-state index contributed by atoms with van der Waals surface area (Å²) in [5.41, 5.74) is 0.729. The highest BCUT2D eigenvalue weighted by molar-refractivity contribution is 5.91. The quantitative estimate of drug-likeness (QED) is 0.902. The zero-order valence-electron chi connectivity index (χ0n) is 13.6. The summed E-state index contributed by atoms with van der Waals surface area (Å²) in [4.78, 5) is 18.7. The van der Waals surface area contributed by atoms with Crippen LogP contribution in [0.4, 0.5) is 5.88 Å². The van der Waals surface area contributed by atoms with Crippen LogP contribution < -0.4 is 5.32 Å². The molecule has 23 heavy (non-hydrogen) atoms. The Morgan fingerprint density at radius 3 is 2.91 bits per heavy atom. The van der Waals surface area contributed by atoms with Crippen molar-refractivity contribution in [1.82, 2.24) is 20.2 Å². The number of anilines is 1. The van der Waals surface area contributed by atoms with Gasteiger partial charge < -0.3 is 9.05 Å². The van der Waals surface area contributed by atoms with E-state index in [0.29, 0.717) is 17.6 Å². The van der Waals surface area contributed by atoms with Crippen molar-refractivity contribution >= 4 is 11.8 Å². The molecule has 8 nitrogen and oxygen atoms in total. The highest BCUT2D eigenvalue weighted by Crippen LogP contribution is 2.30.